The molecule has 0 aromatic heterocycles. The molecule has 0 heterocycles. The summed E-state index contributed by atoms with van der Waals surface area (Å²) in [7, 11) is 0. The van der Waals surface area contributed by atoms with Crippen LogP contribution in [0.25, 0.3) is 0 Å². The Kier molecular flexibility index (Phi) is 3.69. The summed E-state index contributed by atoms with van der Waals surface area (Å²) < 4.78 is 37.5. The largest absolute Gasteiger partial charge is 0.391 e. The van der Waals surface area contributed by atoms with Crippen molar-refractivity contribution in [3.63, 3.8) is 0 Å². The van der Waals surface area contributed by atoms with E-state index in [9.17, 15) is 18.3 Å². The Morgan fingerprint density at radius 2 is 2.00 bits per heavy atom. The van der Waals surface area contributed by atoms with Gasteiger partial charge in [-0.2, -0.15) is 13.2 Å². The van der Waals surface area contributed by atoms with Crippen LogP contribution in [0.2, 0.25) is 0 Å². The van der Waals surface area contributed by atoms with E-state index < -0.39 is 17.7 Å². The Labute approximate surface area is 88.7 Å². The van der Waals surface area contributed by atoms with Gasteiger partial charge in [0, 0.05) is 0 Å². The van der Waals surface area contributed by atoms with E-state index in [1.54, 1.807) is 0 Å². The number of halogens is 3. The normalized spacial score (nSPS) is 33.4. The van der Waals surface area contributed by atoms with Crippen molar-refractivity contribution in [2.24, 2.45) is 11.8 Å². The van der Waals surface area contributed by atoms with E-state index in [-0.39, 0.29) is 18.8 Å². The third-order valence-electron chi connectivity index (χ3n) is 3.07. The molecule has 0 aromatic carbocycles. The van der Waals surface area contributed by atoms with Gasteiger partial charge in [0.15, 0.2) is 0 Å². The predicted molar refractivity (Wildman–Crippen MR) is 52.4 cm³/mol. The van der Waals surface area contributed by atoms with Crippen LogP contribution >= 0.6 is 0 Å². The van der Waals surface area contributed by atoms with Crippen molar-refractivity contribution in [2.45, 2.75) is 57.7 Å². The van der Waals surface area contributed by atoms with E-state index in [0.29, 0.717) is 19.3 Å². The molecule has 1 aliphatic rings. The summed E-state index contributed by atoms with van der Waals surface area (Å²) >= 11 is 0. The highest BCUT2D eigenvalue weighted by atomic mass is 19.4. The molecule has 1 fully saturated rings. The number of aliphatic hydroxyl groups is 1. The molecule has 0 spiro atoms. The Balaban J connectivity index is 2.62. The number of hydrogen-bond acceptors (Lipinski definition) is 1. The standard InChI is InChI=1S/C11H19F3O/c1-8(2)6-10(15)5-3-4-9(7-10)11(12,13)14/h8-9,15H,3-7H2,1-2H3/t9-,10+/m1/s1. The van der Waals surface area contributed by atoms with Gasteiger partial charge >= 0.3 is 6.18 Å². The van der Waals surface area contributed by atoms with Crippen LogP contribution < -0.4 is 0 Å². The monoisotopic (exact) mass is 224 g/mol. The zero-order valence-electron chi connectivity index (χ0n) is 9.27. The van der Waals surface area contributed by atoms with Crippen molar-refractivity contribution in [2.75, 3.05) is 0 Å². The maximum Gasteiger partial charge on any atom is 0.391 e. The van der Waals surface area contributed by atoms with Gasteiger partial charge in [0.25, 0.3) is 0 Å². The molecule has 1 rings (SSSR count). The zero-order chi connectivity index (χ0) is 11.7. The minimum absolute atomic E-state index is 0.116. The van der Waals surface area contributed by atoms with Crippen molar-refractivity contribution in [3.05, 3.63) is 0 Å². The van der Waals surface area contributed by atoms with Crippen LogP contribution in [-0.2, 0) is 0 Å². The van der Waals surface area contributed by atoms with Gasteiger partial charge in [-0.05, 0) is 38.0 Å². The second-order valence-corrected chi connectivity index (χ2v) is 5.16. The van der Waals surface area contributed by atoms with Gasteiger partial charge in [0.05, 0.1) is 11.5 Å². The molecule has 1 aliphatic carbocycles. The first-order valence-electron chi connectivity index (χ1n) is 5.52. The summed E-state index contributed by atoms with van der Waals surface area (Å²) in [6.07, 6.45) is -2.63. The van der Waals surface area contributed by atoms with Crippen LogP contribution in [-0.4, -0.2) is 16.9 Å². The molecule has 0 aromatic rings. The van der Waals surface area contributed by atoms with Gasteiger partial charge in [-0.15, -0.1) is 0 Å². The lowest BCUT2D eigenvalue weighted by molar-refractivity contribution is -0.202. The number of rotatable bonds is 2. The first-order valence-corrected chi connectivity index (χ1v) is 5.52. The summed E-state index contributed by atoms with van der Waals surface area (Å²) in [6.45, 7) is 3.85. The number of hydrogen-bond donors (Lipinski definition) is 1. The molecule has 0 amide bonds. The van der Waals surface area contributed by atoms with Crippen molar-refractivity contribution in [1.29, 1.82) is 0 Å². The summed E-state index contributed by atoms with van der Waals surface area (Å²) in [6, 6.07) is 0. The van der Waals surface area contributed by atoms with Crippen LogP contribution in [0.5, 0.6) is 0 Å². The fourth-order valence-corrected chi connectivity index (χ4v) is 2.57. The predicted octanol–water partition coefficient (Wildman–Crippen LogP) is 3.52. The molecular weight excluding hydrogens is 205 g/mol. The van der Waals surface area contributed by atoms with Crippen LogP contribution in [0, 0.1) is 11.8 Å². The summed E-state index contributed by atoms with van der Waals surface area (Å²) in [5, 5.41) is 10.1. The van der Waals surface area contributed by atoms with E-state index in [2.05, 4.69) is 0 Å². The Morgan fingerprint density at radius 3 is 2.47 bits per heavy atom. The molecule has 1 nitrogen and oxygen atoms in total. The fourth-order valence-electron chi connectivity index (χ4n) is 2.57. The molecular formula is C11H19F3O. The van der Waals surface area contributed by atoms with Crippen LogP contribution in [0.4, 0.5) is 13.2 Å². The summed E-state index contributed by atoms with van der Waals surface area (Å²) in [4.78, 5) is 0. The van der Waals surface area contributed by atoms with Gasteiger partial charge in [0.1, 0.15) is 0 Å². The van der Waals surface area contributed by atoms with Crippen LogP contribution in [0.15, 0.2) is 0 Å². The molecule has 0 unspecified atom stereocenters. The summed E-state index contributed by atoms with van der Waals surface area (Å²) in [5.74, 6) is -1.07. The van der Waals surface area contributed by atoms with Gasteiger partial charge in [-0.1, -0.05) is 13.8 Å². The highest BCUT2D eigenvalue weighted by Crippen LogP contribution is 2.43. The SMILES string of the molecule is CC(C)C[C@@]1(O)CCC[C@@H](C(F)(F)F)C1. The Hall–Kier alpha value is -0.250. The lowest BCUT2D eigenvalue weighted by Gasteiger charge is -2.38. The lowest BCUT2D eigenvalue weighted by Crippen LogP contribution is -2.41. The number of alkyl halides is 3. The molecule has 0 aliphatic heterocycles. The molecule has 0 radical (unpaired) electrons. The third kappa shape index (κ3) is 3.67. The van der Waals surface area contributed by atoms with Gasteiger partial charge in [0.2, 0.25) is 0 Å². The second-order valence-electron chi connectivity index (χ2n) is 5.16. The maximum atomic E-state index is 12.5. The smallest absolute Gasteiger partial charge is 0.390 e. The van der Waals surface area contributed by atoms with E-state index in [1.807, 2.05) is 13.8 Å². The van der Waals surface area contributed by atoms with Gasteiger partial charge in [-0.3, -0.25) is 0 Å². The first-order chi connectivity index (χ1) is 6.73. The van der Waals surface area contributed by atoms with E-state index in [1.165, 1.54) is 0 Å². The lowest BCUT2D eigenvalue weighted by atomic mass is 9.74. The van der Waals surface area contributed by atoms with Crippen molar-refractivity contribution in [3.8, 4) is 0 Å². The van der Waals surface area contributed by atoms with E-state index in [0.717, 1.165) is 0 Å². The Bertz CT molecular complexity index is 212. The average molecular weight is 224 g/mol. The van der Waals surface area contributed by atoms with Gasteiger partial charge < -0.3 is 5.11 Å². The van der Waals surface area contributed by atoms with E-state index in [4.69, 9.17) is 0 Å². The highest BCUT2D eigenvalue weighted by molar-refractivity contribution is 4.89. The Morgan fingerprint density at radius 1 is 1.40 bits per heavy atom. The minimum atomic E-state index is -4.15. The molecule has 90 valence electrons. The van der Waals surface area contributed by atoms with E-state index >= 15 is 0 Å². The molecule has 1 saturated carbocycles. The highest BCUT2D eigenvalue weighted by Gasteiger charge is 2.46. The molecule has 15 heavy (non-hydrogen) atoms. The van der Waals surface area contributed by atoms with Crippen LogP contribution in [0.1, 0.15) is 46.0 Å². The average Bonchev–Trinajstić information content (AvgIpc) is 1.99. The van der Waals surface area contributed by atoms with Crippen molar-refractivity contribution >= 4 is 0 Å². The third-order valence-corrected chi connectivity index (χ3v) is 3.07. The molecule has 1 N–H and O–H groups in total. The molecule has 0 saturated heterocycles. The summed E-state index contributed by atoms with van der Waals surface area (Å²) in [5.41, 5.74) is -1.09. The second kappa shape index (κ2) is 4.32. The quantitative estimate of drug-likeness (QED) is 0.761. The minimum Gasteiger partial charge on any atom is -0.390 e. The first kappa shape index (κ1) is 12.8. The van der Waals surface area contributed by atoms with Crippen molar-refractivity contribution in [1.82, 2.24) is 0 Å². The van der Waals surface area contributed by atoms with Crippen LogP contribution in [0.3, 0.4) is 0 Å². The van der Waals surface area contributed by atoms with Gasteiger partial charge in [-0.25, -0.2) is 0 Å². The molecule has 4 heteroatoms. The van der Waals surface area contributed by atoms with Crippen molar-refractivity contribution < 1.29 is 18.3 Å². The molecule has 0 bridgehead atoms. The fraction of sp³-hybridized carbons (Fsp3) is 1.00. The maximum absolute atomic E-state index is 12.5. The zero-order valence-corrected chi connectivity index (χ0v) is 9.27. The molecule has 2 atom stereocenters. The topological polar surface area (TPSA) is 20.2 Å².